The van der Waals surface area contributed by atoms with E-state index in [0.29, 0.717) is 17.0 Å². The molecule has 5 heteroatoms. The molecule has 2 amide bonds. The molecule has 1 aromatic carbocycles. The van der Waals surface area contributed by atoms with E-state index in [1.165, 1.54) is 7.05 Å². The maximum atomic E-state index is 11.1. The smallest absolute Gasteiger partial charge is 0.318 e. The highest BCUT2D eigenvalue weighted by Gasteiger charge is 2.07. The highest BCUT2D eigenvalue weighted by molar-refractivity contribution is 6.05. The zero-order valence-electron chi connectivity index (χ0n) is 8.61. The summed E-state index contributed by atoms with van der Waals surface area (Å²) in [6.45, 7) is 1.66. The van der Waals surface area contributed by atoms with Gasteiger partial charge >= 0.3 is 6.03 Å². The maximum absolute atomic E-state index is 11.1. The summed E-state index contributed by atoms with van der Waals surface area (Å²) < 4.78 is 0. The molecule has 0 unspecified atom stereocenters. The molecule has 80 valence electrons. The average molecular weight is 207 g/mol. The van der Waals surface area contributed by atoms with Gasteiger partial charge in [-0.3, -0.25) is 0 Å². The van der Waals surface area contributed by atoms with Crippen molar-refractivity contribution in [2.75, 3.05) is 12.4 Å². The number of carbonyl (C=O) groups is 1. The van der Waals surface area contributed by atoms with E-state index in [9.17, 15) is 4.79 Å². The van der Waals surface area contributed by atoms with E-state index in [1.54, 1.807) is 31.2 Å². The Morgan fingerprint density at radius 2 is 2.07 bits per heavy atom. The Labute approximate surface area is 87.8 Å². The minimum absolute atomic E-state index is 0.312. The summed E-state index contributed by atoms with van der Waals surface area (Å²) in [6, 6.07) is 6.78. The average Bonchev–Trinajstić information content (AvgIpc) is 2.28. The molecule has 0 saturated heterocycles. The fourth-order valence-electron chi connectivity index (χ4n) is 1.15. The molecule has 0 aliphatic heterocycles. The van der Waals surface area contributed by atoms with Crippen molar-refractivity contribution in [2.24, 2.45) is 5.16 Å². The Hall–Kier alpha value is -2.04. The zero-order valence-corrected chi connectivity index (χ0v) is 8.61. The van der Waals surface area contributed by atoms with Gasteiger partial charge in [-0.2, -0.15) is 0 Å². The first-order valence-electron chi connectivity index (χ1n) is 4.46. The maximum Gasteiger partial charge on any atom is 0.318 e. The molecule has 0 bridgehead atoms. The second-order valence-electron chi connectivity index (χ2n) is 2.94. The fraction of sp³-hybridized carbons (Fsp3) is 0.200. The van der Waals surface area contributed by atoms with Crippen LogP contribution in [0.2, 0.25) is 0 Å². The SMILES string of the molecule is CNC(=O)Nc1ccccc1/C(C)=N/O. The molecule has 15 heavy (non-hydrogen) atoms. The number of oxime groups is 1. The van der Waals surface area contributed by atoms with Crippen molar-refractivity contribution >= 4 is 17.4 Å². The summed E-state index contributed by atoms with van der Waals surface area (Å²) in [6.07, 6.45) is 0. The lowest BCUT2D eigenvalue weighted by Crippen LogP contribution is -2.25. The second kappa shape index (κ2) is 4.99. The van der Waals surface area contributed by atoms with Gasteiger partial charge in [-0.15, -0.1) is 0 Å². The van der Waals surface area contributed by atoms with Gasteiger partial charge in [-0.1, -0.05) is 23.4 Å². The van der Waals surface area contributed by atoms with E-state index in [-0.39, 0.29) is 6.03 Å². The third kappa shape index (κ3) is 2.70. The summed E-state index contributed by atoms with van der Waals surface area (Å²) >= 11 is 0. The Morgan fingerprint density at radius 3 is 2.67 bits per heavy atom. The molecule has 1 rings (SSSR count). The Bertz CT molecular complexity index is 388. The van der Waals surface area contributed by atoms with Gasteiger partial charge in [0.15, 0.2) is 0 Å². The van der Waals surface area contributed by atoms with Crippen molar-refractivity contribution in [1.82, 2.24) is 5.32 Å². The van der Waals surface area contributed by atoms with E-state index in [1.807, 2.05) is 0 Å². The van der Waals surface area contributed by atoms with E-state index >= 15 is 0 Å². The Morgan fingerprint density at radius 1 is 1.40 bits per heavy atom. The van der Waals surface area contributed by atoms with Gasteiger partial charge in [-0.25, -0.2) is 4.79 Å². The molecule has 0 atom stereocenters. The van der Waals surface area contributed by atoms with Gasteiger partial charge in [0, 0.05) is 12.6 Å². The van der Waals surface area contributed by atoms with E-state index in [2.05, 4.69) is 15.8 Å². The molecule has 0 aliphatic rings. The molecule has 0 radical (unpaired) electrons. The van der Waals surface area contributed by atoms with Crippen LogP contribution in [0.25, 0.3) is 0 Å². The second-order valence-corrected chi connectivity index (χ2v) is 2.94. The summed E-state index contributed by atoms with van der Waals surface area (Å²) in [5, 5.41) is 16.8. The number of anilines is 1. The van der Waals surface area contributed by atoms with Crippen LogP contribution in [-0.4, -0.2) is 24.0 Å². The number of urea groups is 1. The van der Waals surface area contributed by atoms with Crippen molar-refractivity contribution in [3.05, 3.63) is 29.8 Å². The predicted molar refractivity (Wildman–Crippen MR) is 58.5 cm³/mol. The van der Waals surface area contributed by atoms with Crippen LogP contribution in [-0.2, 0) is 0 Å². The van der Waals surface area contributed by atoms with Gasteiger partial charge < -0.3 is 15.8 Å². The molecule has 0 heterocycles. The van der Waals surface area contributed by atoms with Crippen molar-refractivity contribution in [3.63, 3.8) is 0 Å². The van der Waals surface area contributed by atoms with Crippen LogP contribution < -0.4 is 10.6 Å². The number of hydrogen-bond donors (Lipinski definition) is 3. The van der Waals surface area contributed by atoms with Gasteiger partial charge in [0.05, 0.1) is 11.4 Å². The zero-order chi connectivity index (χ0) is 11.3. The number of rotatable bonds is 2. The summed E-state index contributed by atoms with van der Waals surface area (Å²) in [7, 11) is 1.53. The molecule has 3 N–H and O–H groups in total. The summed E-state index contributed by atoms with van der Waals surface area (Å²) in [4.78, 5) is 11.1. The first kappa shape index (κ1) is 11.0. The number of carbonyl (C=O) groups excluding carboxylic acids is 1. The number of nitrogens with one attached hydrogen (secondary N) is 2. The van der Waals surface area contributed by atoms with Gasteiger partial charge in [0.2, 0.25) is 0 Å². The van der Waals surface area contributed by atoms with Crippen LogP contribution >= 0.6 is 0 Å². The lowest BCUT2D eigenvalue weighted by Gasteiger charge is -2.09. The fourth-order valence-corrected chi connectivity index (χ4v) is 1.15. The van der Waals surface area contributed by atoms with Crippen LogP contribution in [0, 0.1) is 0 Å². The molecule has 1 aromatic rings. The number of hydrogen-bond acceptors (Lipinski definition) is 3. The minimum atomic E-state index is -0.312. The van der Waals surface area contributed by atoms with Crippen LogP contribution in [0.5, 0.6) is 0 Å². The first-order chi connectivity index (χ1) is 7.19. The number of nitrogens with zero attached hydrogens (tertiary/aromatic N) is 1. The molecule has 0 fully saturated rings. The van der Waals surface area contributed by atoms with Crippen LogP contribution in [0.15, 0.2) is 29.4 Å². The quantitative estimate of drug-likeness (QED) is 0.392. The summed E-state index contributed by atoms with van der Waals surface area (Å²) in [5.41, 5.74) is 1.73. The first-order valence-corrected chi connectivity index (χ1v) is 4.46. The lowest BCUT2D eigenvalue weighted by atomic mass is 10.1. The van der Waals surface area contributed by atoms with Crippen molar-refractivity contribution in [3.8, 4) is 0 Å². The predicted octanol–water partition coefficient (Wildman–Crippen LogP) is 1.64. The molecular formula is C10H13N3O2. The molecule has 0 saturated carbocycles. The molecule has 0 aromatic heterocycles. The number of benzene rings is 1. The topological polar surface area (TPSA) is 73.7 Å². The Kier molecular flexibility index (Phi) is 3.68. The highest BCUT2D eigenvalue weighted by atomic mass is 16.4. The van der Waals surface area contributed by atoms with E-state index in [0.717, 1.165) is 0 Å². The van der Waals surface area contributed by atoms with Gasteiger partial charge in [0.1, 0.15) is 0 Å². The molecule has 0 spiro atoms. The molecule has 5 nitrogen and oxygen atoms in total. The largest absolute Gasteiger partial charge is 0.411 e. The highest BCUT2D eigenvalue weighted by Crippen LogP contribution is 2.15. The molecular weight excluding hydrogens is 194 g/mol. The number of amides is 2. The Balaban J connectivity index is 3.01. The summed E-state index contributed by atoms with van der Waals surface area (Å²) in [5.74, 6) is 0. The van der Waals surface area contributed by atoms with E-state index < -0.39 is 0 Å². The van der Waals surface area contributed by atoms with Crippen LogP contribution in [0.1, 0.15) is 12.5 Å². The standard InChI is InChI=1S/C10H13N3O2/c1-7(13-15)8-5-3-4-6-9(8)12-10(14)11-2/h3-6,15H,1-2H3,(H2,11,12,14)/b13-7+. The molecule has 0 aliphatic carbocycles. The number of para-hydroxylation sites is 1. The van der Waals surface area contributed by atoms with Crippen LogP contribution in [0.4, 0.5) is 10.5 Å². The lowest BCUT2D eigenvalue weighted by molar-refractivity contribution is 0.254. The van der Waals surface area contributed by atoms with Gasteiger partial charge in [0.25, 0.3) is 0 Å². The normalized spacial score (nSPS) is 10.9. The van der Waals surface area contributed by atoms with Crippen molar-refractivity contribution in [2.45, 2.75) is 6.92 Å². The monoisotopic (exact) mass is 207 g/mol. The third-order valence-electron chi connectivity index (χ3n) is 1.94. The van der Waals surface area contributed by atoms with Crippen molar-refractivity contribution < 1.29 is 10.0 Å². The third-order valence-corrected chi connectivity index (χ3v) is 1.94. The van der Waals surface area contributed by atoms with E-state index in [4.69, 9.17) is 5.21 Å². The minimum Gasteiger partial charge on any atom is -0.411 e. The van der Waals surface area contributed by atoms with Crippen LogP contribution in [0.3, 0.4) is 0 Å². The van der Waals surface area contributed by atoms with Crippen molar-refractivity contribution in [1.29, 1.82) is 0 Å². The van der Waals surface area contributed by atoms with Gasteiger partial charge in [-0.05, 0) is 13.0 Å².